The number of amidine groups is 1. The first-order valence-electron chi connectivity index (χ1n) is 5.11. The molecule has 2 nitrogen and oxygen atoms in total. The van der Waals surface area contributed by atoms with E-state index in [4.69, 9.17) is 0 Å². The van der Waals surface area contributed by atoms with E-state index in [1.165, 1.54) is 11.4 Å². The lowest BCUT2D eigenvalue weighted by Crippen LogP contribution is -2.28. The fourth-order valence-corrected chi connectivity index (χ4v) is 1.96. The number of benzene rings is 1. The van der Waals surface area contributed by atoms with E-state index >= 15 is 0 Å². The first kappa shape index (κ1) is 9.25. The second kappa shape index (κ2) is 3.82. The second-order valence-electron chi connectivity index (χ2n) is 3.71. The van der Waals surface area contributed by atoms with Gasteiger partial charge in [-0.1, -0.05) is 30.3 Å². The van der Waals surface area contributed by atoms with E-state index in [-0.39, 0.29) is 0 Å². The molecule has 0 spiro atoms. The Hall–Kier alpha value is -1.31. The summed E-state index contributed by atoms with van der Waals surface area (Å²) in [7, 11) is 0. The van der Waals surface area contributed by atoms with Gasteiger partial charge in [0.1, 0.15) is 0 Å². The molecule has 74 valence electrons. The Morgan fingerprint density at radius 1 is 1.29 bits per heavy atom. The molecule has 0 amide bonds. The van der Waals surface area contributed by atoms with Gasteiger partial charge in [-0.2, -0.15) is 0 Å². The molecule has 0 aromatic heterocycles. The molecule has 0 radical (unpaired) electrons. The van der Waals surface area contributed by atoms with Crippen LogP contribution in [0.3, 0.4) is 0 Å². The van der Waals surface area contributed by atoms with Crippen molar-refractivity contribution in [3.05, 3.63) is 35.9 Å². The Morgan fingerprint density at radius 2 is 2.00 bits per heavy atom. The summed E-state index contributed by atoms with van der Waals surface area (Å²) in [5.74, 6) is 1.17. The minimum atomic E-state index is 0.447. The summed E-state index contributed by atoms with van der Waals surface area (Å²) < 4.78 is 0. The van der Waals surface area contributed by atoms with Crippen LogP contribution in [0.5, 0.6) is 0 Å². The van der Waals surface area contributed by atoms with Crippen LogP contribution in [0.1, 0.15) is 25.5 Å². The highest BCUT2D eigenvalue weighted by atomic mass is 15.2. The average Bonchev–Trinajstić information content (AvgIpc) is 2.65. The van der Waals surface area contributed by atoms with Gasteiger partial charge in [0.05, 0.1) is 18.4 Å². The lowest BCUT2D eigenvalue weighted by atomic mass is 10.1. The van der Waals surface area contributed by atoms with Gasteiger partial charge in [-0.25, -0.2) is 0 Å². The largest absolute Gasteiger partial charge is 0.352 e. The van der Waals surface area contributed by atoms with Gasteiger partial charge in [0.2, 0.25) is 0 Å². The fraction of sp³-hybridized carbons (Fsp3) is 0.417. The highest BCUT2D eigenvalue weighted by Gasteiger charge is 2.19. The third-order valence-electron chi connectivity index (χ3n) is 2.85. The Morgan fingerprint density at radius 3 is 2.57 bits per heavy atom. The van der Waals surface area contributed by atoms with Crippen LogP contribution >= 0.6 is 0 Å². The molecule has 1 aliphatic rings. The highest BCUT2D eigenvalue weighted by Crippen LogP contribution is 2.21. The monoisotopic (exact) mass is 188 g/mol. The minimum Gasteiger partial charge on any atom is -0.352 e. The van der Waals surface area contributed by atoms with Crippen LogP contribution in [-0.2, 0) is 0 Å². The van der Waals surface area contributed by atoms with Gasteiger partial charge in [-0.15, -0.1) is 0 Å². The van der Waals surface area contributed by atoms with Gasteiger partial charge in [0.15, 0.2) is 0 Å². The predicted molar refractivity (Wildman–Crippen MR) is 59.5 cm³/mol. The molecule has 1 atom stereocenters. The number of hydrogen-bond donors (Lipinski definition) is 0. The summed E-state index contributed by atoms with van der Waals surface area (Å²) in [4.78, 5) is 6.76. The van der Waals surface area contributed by atoms with Crippen LogP contribution in [0, 0.1) is 0 Å². The van der Waals surface area contributed by atoms with Crippen molar-refractivity contribution in [2.24, 2.45) is 4.99 Å². The van der Waals surface area contributed by atoms with Crippen LogP contribution in [-0.4, -0.2) is 23.8 Å². The van der Waals surface area contributed by atoms with Crippen molar-refractivity contribution >= 4 is 5.84 Å². The van der Waals surface area contributed by atoms with Crippen molar-refractivity contribution in [3.8, 4) is 0 Å². The SMILES string of the molecule is CC1=NCCN1[C@@H](C)c1ccccc1. The zero-order valence-corrected chi connectivity index (χ0v) is 8.77. The van der Waals surface area contributed by atoms with Crippen LogP contribution < -0.4 is 0 Å². The van der Waals surface area contributed by atoms with E-state index in [9.17, 15) is 0 Å². The topological polar surface area (TPSA) is 15.6 Å². The van der Waals surface area contributed by atoms with Crippen molar-refractivity contribution < 1.29 is 0 Å². The fourth-order valence-electron chi connectivity index (χ4n) is 1.96. The van der Waals surface area contributed by atoms with E-state index in [1.54, 1.807) is 0 Å². The van der Waals surface area contributed by atoms with E-state index in [0.717, 1.165) is 13.1 Å². The molecule has 0 unspecified atom stereocenters. The first-order chi connectivity index (χ1) is 6.79. The number of rotatable bonds is 2. The maximum absolute atomic E-state index is 4.41. The smallest absolute Gasteiger partial charge is 0.0963 e. The van der Waals surface area contributed by atoms with E-state index in [2.05, 4.69) is 54.1 Å². The molecule has 1 aromatic carbocycles. The molecule has 1 heterocycles. The van der Waals surface area contributed by atoms with Crippen LogP contribution in [0.4, 0.5) is 0 Å². The summed E-state index contributed by atoms with van der Waals surface area (Å²) in [6.45, 7) is 6.33. The van der Waals surface area contributed by atoms with Crippen molar-refractivity contribution in [2.45, 2.75) is 19.9 Å². The van der Waals surface area contributed by atoms with Gasteiger partial charge in [0.25, 0.3) is 0 Å². The van der Waals surface area contributed by atoms with Crippen molar-refractivity contribution in [3.63, 3.8) is 0 Å². The Kier molecular flexibility index (Phi) is 2.53. The summed E-state index contributed by atoms with van der Waals surface area (Å²) in [6, 6.07) is 11.0. The van der Waals surface area contributed by atoms with E-state index in [0.29, 0.717) is 6.04 Å². The van der Waals surface area contributed by atoms with E-state index < -0.39 is 0 Å². The van der Waals surface area contributed by atoms with Crippen LogP contribution in [0.2, 0.25) is 0 Å². The van der Waals surface area contributed by atoms with Crippen LogP contribution in [0.25, 0.3) is 0 Å². The maximum Gasteiger partial charge on any atom is 0.0963 e. The van der Waals surface area contributed by atoms with Crippen molar-refractivity contribution in [2.75, 3.05) is 13.1 Å². The van der Waals surface area contributed by atoms with Crippen LogP contribution in [0.15, 0.2) is 35.3 Å². The number of aliphatic imine (C=N–C) groups is 1. The lowest BCUT2D eigenvalue weighted by Gasteiger charge is -2.26. The third-order valence-corrected chi connectivity index (χ3v) is 2.85. The maximum atomic E-state index is 4.41. The molecule has 14 heavy (non-hydrogen) atoms. The Bertz CT molecular complexity index is 329. The molecular formula is C12H16N2. The van der Waals surface area contributed by atoms with Gasteiger partial charge in [-0.05, 0) is 19.4 Å². The molecule has 2 rings (SSSR count). The first-order valence-corrected chi connectivity index (χ1v) is 5.11. The zero-order chi connectivity index (χ0) is 9.97. The average molecular weight is 188 g/mol. The standard InChI is InChI=1S/C12H16N2/c1-10(12-6-4-3-5-7-12)14-9-8-13-11(14)2/h3-7,10H,8-9H2,1-2H3/t10-/m0/s1. The molecule has 0 fully saturated rings. The van der Waals surface area contributed by atoms with Gasteiger partial charge in [-0.3, -0.25) is 4.99 Å². The molecule has 0 saturated heterocycles. The minimum absolute atomic E-state index is 0.447. The van der Waals surface area contributed by atoms with Gasteiger partial charge < -0.3 is 4.90 Å². The Labute approximate surface area is 85.3 Å². The summed E-state index contributed by atoms with van der Waals surface area (Å²) in [5, 5.41) is 0. The molecule has 2 heteroatoms. The molecule has 0 bridgehead atoms. The summed E-state index contributed by atoms with van der Waals surface area (Å²) >= 11 is 0. The van der Waals surface area contributed by atoms with Gasteiger partial charge >= 0.3 is 0 Å². The number of nitrogens with zero attached hydrogens (tertiary/aromatic N) is 2. The number of hydrogen-bond acceptors (Lipinski definition) is 2. The molecule has 1 aliphatic heterocycles. The summed E-state index contributed by atoms with van der Waals surface area (Å²) in [6.07, 6.45) is 0. The van der Waals surface area contributed by atoms with Gasteiger partial charge in [0, 0.05) is 6.54 Å². The predicted octanol–water partition coefficient (Wildman–Crippen LogP) is 2.48. The zero-order valence-electron chi connectivity index (χ0n) is 8.77. The molecule has 0 aliphatic carbocycles. The van der Waals surface area contributed by atoms with Crippen molar-refractivity contribution in [1.29, 1.82) is 0 Å². The highest BCUT2D eigenvalue weighted by molar-refractivity contribution is 5.81. The third kappa shape index (κ3) is 1.65. The molecule has 0 saturated carbocycles. The molecular weight excluding hydrogens is 172 g/mol. The normalized spacial score (nSPS) is 18.1. The molecule has 0 N–H and O–H groups in total. The quantitative estimate of drug-likeness (QED) is 0.696. The van der Waals surface area contributed by atoms with Crippen molar-refractivity contribution in [1.82, 2.24) is 4.90 Å². The lowest BCUT2D eigenvalue weighted by molar-refractivity contribution is 0.365. The summed E-state index contributed by atoms with van der Waals surface area (Å²) in [5.41, 5.74) is 1.36. The van der Waals surface area contributed by atoms with E-state index in [1.807, 2.05) is 0 Å². The Balaban J connectivity index is 2.16. The molecule has 1 aromatic rings. The second-order valence-corrected chi connectivity index (χ2v) is 3.71.